The average molecular weight is 277 g/mol. The van der Waals surface area contributed by atoms with E-state index in [4.69, 9.17) is 16.2 Å². The fraction of sp³-hybridized carbons (Fsp3) is 0.467. The van der Waals surface area contributed by atoms with E-state index in [0.29, 0.717) is 5.75 Å². The van der Waals surface area contributed by atoms with Crippen LogP contribution in [0.5, 0.6) is 5.75 Å². The maximum absolute atomic E-state index is 11.8. The second kappa shape index (κ2) is 7.53. The summed E-state index contributed by atoms with van der Waals surface area (Å²) >= 11 is 0. The van der Waals surface area contributed by atoms with Gasteiger partial charge in [0.15, 0.2) is 5.96 Å². The number of nitrogens with two attached hydrogens (primary N) is 2. The van der Waals surface area contributed by atoms with Crippen molar-refractivity contribution >= 4 is 11.9 Å². The zero-order chi connectivity index (χ0) is 15.1. The number of ether oxygens (including phenoxy) is 1. The molecule has 0 saturated heterocycles. The fourth-order valence-corrected chi connectivity index (χ4v) is 1.99. The molecule has 0 aliphatic heterocycles. The topological polar surface area (TPSA) is 90.7 Å². The molecule has 1 rings (SSSR count). The maximum atomic E-state index is 11.8. The Morgan fingerprint density at radius 1 is 1.10 bits per heavy atom. The third kappa shape index (κ3) is 4.26. The normalized spacial score (nSPS) is 10.2. The van der Waals surface area contributed by atoms with Gasteiger partial charge < -0.3 is 16.2 Å². The number of carbonyl (C=O) groups excluding carboxylic acids is 1. The number of aliphatic imine (C=N–C) groups is 1. The Balaban J connectivity index is 3.03. The number of guanidine groups is 1. The van der Waals surface area contributed by atoms with Gasteiger partial charge in [0.05, 0.1) is 0 Å². The molecular formula is C15H23N3O2. The summed E-state index contributed by atoms with van der Waals surface area (Å²) in [4.78, 5) is 15.4. The van der Waals surface area contributed by atoms with E-state index in [2.05, 4.69) is 24.0 Å². The van der Waals surface area contributed by atoms with Gasteiger partial charge in [-0.2, -0.15) is 0 Å². The highest BCUT2D eigenvalue weighted by atomic mass is 16.5. The standard InChI is InChI=1S/C15H23N3O2/c1-4-10-7-11(5-2)14(12(6-3)8-10)20-13(19)9-18-15(16)17/h7-8H,4-6,9H2,1-3H3,(H4,16,17,18). The molecule has 0 radical (unpaired) electrons. The molecule has 0 fully saturated rings. The summed E-state index contributed by atoms with van der Waals surface area (Å²) in [7, 11) is 0. The number of hydrogen-bond acceptors (Lipinski definition) is 3. The van der Waals surface area contributed by atoms with Gasteiger partial charge in [0.2, 0.25) is 0 Å². The number of esters is 1. The van der Waals surface area contributed by atoms with Gasteiger partial charge in [-0.3, -0.25) is 0 Å². The van der Waals surface area contributed by atoms with Crippen LogP contribution in [0.1, 0.15) is 37.5 Å². The predicted octanol–water partition coefficient (Wildman–Crippen LogP) is 1.55. The highest BCUT2D eigenvalue weighted by molar-refractivity contribution is 5.81. The van der Waals surface area contributed by atoms with E-state index >= 15 is 0 Å². The predicted molar refractivity (Wildman–Crippen MR) is 80.9 cm³/mol. The first-order valence-electron chi connectivity index (χ1n) is 6.92. The summed E-state index contributed by atoms with van der Waals surface area (Å²) in [5.74, 6) is 0.0877. The fourth-order valence-electron chi connectivity index (χ4n) is 1.99. The molecular weight excluding hydrogens is 254 g/mol. The van der Waals surface area contributed by atoms with Crippen LogP contribution in [0.15, 0.2) is 17.1 Å². The molecule has 0 aliphatic carbocycles. The average Bonchev–Trinajstić information content (AvgIpc) is 2.45. The smallest absolute Gasteiger partial charge is 0.333 e. The lowest BCUT2D eigenvalue weighted by Crippen LogP contribution is -2.25. The highest BCUT2D eigenvalue weighted by Crippen LogP contribution is 2.27. The lowest BCUT2D eigenvalue weighted by Gasteiger charge is -2.14. The van der Waals surface area contributed by atoms with Gasteiger partial charge in [-0.25, -0.2) is 9.79 Å². The Hall–Kier alpha value is -2.04. The van der Waals surface area contributed by atoms with Crippen LogP contribution in [0.2, 0.25) is 0 Å². The van der Waals surface area contributed by atoms with Gasteiger partial charge in [0.1, 0.15) is 12.3 Å². The van der Waals surface area contributed by atoms with Crippen molar-refractivity contribution in [3.8, 4) is 5.75 Å². The van der Waals surface area contributed by atoms with Crippen LogP contribution in [-0.2, 0) is 24.1 Å². The van der Waals surface area contributed by atoms with Gasteiger partial charge in [-0.05, 0) is 36.0 Å². The van der Waals surface area contributed by atoms with Crippen LogP contribution < -0.4 is 16.2 Å². The van der Waals surface area contributed by atoms with Crippen molar-refractivity contribution in [1.29, 1.82) is 0 Å². The molecule has 5 heteroatoms. The summed E-state index contributed by atoms with van der Waals surface area (Å²) < 4.78 is 5.45. The third-order valence-electron chi connectivity index (χ3n) is 3.08. The van der Waals surface area contributed by atoms with Gasteiger partial charge in [0, 0.05) is 0 Å². The molecule has 5 nitrogen and oxygen atoms in total. The van der Waals surface area contributed by atoms with Crippen LogP contribution >= 0.6 is 0 Å². The molecule has 110 valence electrons. The molecule has 0 aromatic heterocycles. The Kier molecular flexibility index (Phi) is 6.03. The van der Waals surface area contributed by atoms with Gasteiger partial charge >= 0.3 is 5.97 Å². The van der Waals surface area contributed by atoms with E-state index in [9.17, 15) is 4.79 Å². The maximum Gasteiger partial charge on any atom is 0.333 e. The monoisotopic (exact) mass is 277 g/mol. The Labute approximate surface area is 120 Å². The summed E-state index contributed by atoms with van der Waals surface area (Å²) in [5, 5.41) is 0. The van der Waals surface area contributed by atoms with Crippen LogP contribution in [0.25, 0.3) is 0 Å². The summed E-state index contributed by atoms with van der Waals surface area (Å²) in [5.41, 5.74) is 13.7. The Morgan fingerprint density at radius 2 is 1.65 bits per heavy atom. The van der Waals surface area contributed by atoms with E-state index in [1.54, 1.807) is 0 Å². The number of nitrogens with zero attached hydrogens (tertiary/aromatic N) is 1. The van der Waals surface area contributed by atoms with E-state index in [0.717, 1.165) is 30.4 Å². The van der Waals surface area contributed by atoms with Crippen molar-refractivity contribution in [1.82, 2.24) is 0 Å². The molecule has 0 bridgehead atoms. The number of aryl methyl sites for hydroxylation is 3. The van der Waals surface area contributed by atoms with E-state index < -0.39 is 5.97 Å². The molecule has 1 aromatic carbocycles. The Morgan fingerprint density at radius 3 is 2.05 bits per heavy atom. The van der Waals surface area contributed by atoms with E-state index in [1.807, 2.05) is 13.8 Å². The molecule has 0 heterocycles. The minimum Gasteiger partial charge on any atom is -0.425 e. The quantitative estimate of drug-likeness (QED) is 0.357. The number of hydrogen-bond donors (Lipinski definition) is 2. The number of carbonyl (C=O) groups is 1. The minimum atomic E-state index is -0.452. The number of benzene rings is 1. The zero-order valence-electron chi connectivity index (χ0n) is 12.4. The first kappa shape index (κ1) is 16.0. The summed E-state index contributed by atoms with van der Waals surface area (Å²) in [6.07, 6.45) is 2.58. The first-order chi connectivity index (χ1) is 9.51. The van der Waals surface area contributed by atoms with Gasteiger partial charge in [-0.15, -0.1) is 0 Å². The Bertz CT molecular complexity index is 481. The molecule has 0 saturated carbocycles. The lowest BCUT2D eigenvalue weighted by atomic mass is 9.99. The second-order valence-corrected chi connectivity index (χ2v) is 4.52. The third-order valence-corrected chi connectivity index (χ3v) is 3.08. The zero-order valence-corrected chi connectivity index (χ0v) is 12.4. The van der Waals surface area contributed by atoms with E-state index in [1.165, 1.54) is 5.56 Å². The molecule has 0 atom stereocenters. The lowest BCUT2D eigenvalue weighted by molar-refractivity contribution is -0.132. The molecule has 0 spiro atoms. The highest BCUT2D eigenvalue weighted by Gasteiger charge is 2.13. The molecule has 0 aliphatic rings. The minimum absolute atomic E-state index is 0.116. The van der Waals surface area contributed by atoms with Crippen LogP contribution in [-0.4, -0.2) is 18.5 Å². The van der Waals surface area contributed by atoms with Crippen molar-refractivity contribution < 1.29 is 9.53 Å². The largest absolute Gasteiger partial charge is 0.425 e. The van der Waals surface area contributed by atoms with Crippen molar-refractivity contribution in [2.75, 3.05) is 6.54 Å². The summed E-state index contributed by atoms with van der Waals surface area (Å²) in [6.45, 7) is 6.03. The molecule has 1 aromatic rings. The van der Waals surface area contributed by atoms with E-state index in [-0.39, 0.29) is 12.5 Å². The van der Waals surface area contributed by atoms with Crippen molar-refractivity contribution in [2.45, 2.75) is 40.0 Å². The van der Waals surface area contributed by atoms with Crippen molar-refractivity contribution in [3.63, 3.8) is 0 Å². The van der Waals surface area contributed by atoms with Gasteiger partial charge in [0.25, 0.3) is 0 Å². The second-order valence-electron chi connectivity index (χ2n) is 4.52. The van der Waals surface area contributed by atoms with Crippen LogP contribution in [0.4, 0.5) is 0 Å². The molecule has 4 N–H and O–H groups in total. The first-order valence-corrected chi connectivity index (χ1v) is 6.92. The van der Waals surface area contributed by atoms with Crippen molar-refractivity contribution in [3.05, 3.63) is 28.8 Å². The van der Waals surface area contributed by atoms with Gasteiger partial charge in [-0.1, -0.05) is 32.9 Å². The molecule has 0 unspecified atom stereocenters. The molecule has 20 heavy (non-hydrogen) atoms. The summed E-state index contributed by atoms with van der Waals surface area (Å²) in [6, 6.07) is 4.17. The van der Waals surface area contributed by atoms with Crippen molar-refractivity contribution in [2.24, 2.45) is 16.5 Å². The molecule has 0 amide bonds. The number of rotatable bonds is 6. The van der Waals surface area contributed by atoms with Crippen LogP contribution in [0, 0.1) is 0 Å². The SMILES string of the molecule is CCc1cc(CC)c(OC(=O)CN=C(N)N)c(CC)c1. The van der Waals surface area contributed by atoms with Crippen LogP contribution in [0.3, 0.4) is 0 Å².